The van der Waals surface area contributed by atoms with E-state index in [0.717, 1.165) is 12.8 Å². The van der Waals surface area contributed by atoms with Gasteiger partial charge in [0.25, 0.3) is 0 Å². The first-order valence-electron chi connectivity index (χ1n) is 6.54. The number of rotatable bonds is 4. The van der Waals surface area contributed by atoms with Crippen molar-refractivity contribution >= 4 is 11.8 Å². The lowest BCUT2D eigenvalue weighted by molar-refractivity contribution is -0.156. The lowest BCUT2D eigenvalue weighted by Crippen LogP contribution is -2.67. The fourth-order valence-electron chi connectivity index (χ4n) is 2.43. The van der Waals surface area contributed by atoms with Crippen LogP contribution in [0.15, 0.2) is 0 Å². The third-order valence-corrected chi connectivity index (χ3v) is 4.13. The Labute approximate surface area is 104 Å². The van der Waals surface area contributed by atoms with Gasteiger partial charge in [-0.15, -0.1) is 0 Å². The average Bonchev–Trinajstić information content (AvgIpc) is 2.33. The highest BCUT2D eigenvalue weighted by molar-refractivity contribution is 5.97. The zero-order valence-corrected chi connectivity index (χ0v) is 11.5. The van der Waals surface area contributed by atoms with Crippen molar-refractivity contribution in [3.05, 3.63) is 0 Å². The number of hydrogen-bond donors (Lipinski definition) is 1. The Morgan fingerprint density at radius 1 is 1.24 bits per heavy atom. The van der Waals surface area contributed by atoms with Crippen LogP contribution in [0.3, 0.4) is 0 Å². The molecule has 1 aliphatic heterocycles. The number of hydrogen-bond acceptors (Lipinski definition) is 2. The summed E-state index contributed by atoms with van der Waals surface area (Å²) in [5.74, 6) is 0.0235. The van der Waals surface area contributed by atoms with E-state index < -0.39 is 0 Å². The molecule has 98 valence electrons. The summed E-state index contributed by atoms with van der Waals surface area (Å²) < 4.78 is 0. The van der Waals surface area contributed by atoms with Crippen LogP contribution in [0.2, 0.25) is 0 Å². The molecule has 1 fully saturated rings. The van der Waals surface area contributed by atoms with E-state index in [2.05, 4.69) is 26.1 Å². The smallest absolute Gasteiger partial charge is 0.246 e. The molecule has 0 saturated carbocycles. The van der Waals surface area contributed by atoms with Crippen LogP contribution in [0.5, 0.6) is 0 Å². The molecular weight excluding hydrogens is 216 g/mol. The summed E-state index contributed by atoms with van der Waals surface area (Å²) in [5, 5.41) is 2.79. The van der Waals surface area contributed by atoms with Gasteiger partial charge in [0, 0.05) is 5.54 Å². The molecule has 0 aromatic heterocycles. The van der Waals surface area contributed by atoms with Gasteiger partial charge in [-0.2, -0.15) is 0 Å². The predicted molar refractivity (Wildman–Crippen MR) is 67.5 cm³/mol. The van der Waals surface area contributed by atoms with Gasteiger partial charge < -0.3 is 10.2 Å². The Morgan fingerprint density at radius 3 is 2.18 bits per heavy atom. The second-order valence-corrected chi connectivity index (χ2v) is 5.06. The molecule has 1 rings (SSSR count). The monoisotopic (exact) mass is 240 g/mol. The minimum absolute atomic E-state index is 0.0374. The van der Waals surface area contributed by atoms with Crippen LogP contribution in [0.4, 0.5) is 0 Å². The van der Waals surface area contributed by atoms with Gasteiger partial charge in [0.05, 0.1) is 0 Å². The van der Waals surface area contributed by atoms with Gasteiger partial charge in [0.2, 0.25) is 11.8 Å². The maximum Gasteiger partial charge on any atom is 0.246 e. The molecule has 1 aliphatic rings. The van der Waals surface area contributed by atoms with Gasteiger partial charge in [0.1, 0.15) is 12.1 Å². The fourth-order valence-corrected chi connectivity index (χ4v) is 2.43. The third-order valence-electron chi connectivity index (χ3n) is 4.13. The maximum absolute atomic E-state index is 12.4. The van der Waals surface area contributed by atoms with Crippen LogP contribution in [-0.2, 0) is 9.59 Å². The van der Waals surface area contributed by atoms with Crippen molar-refractivity contribution in [2.24, 2.45) is 0 Å². The first kappa shape index (κ1) is 14.0. The van der Waals surface area contributed by atoms with Crippen LogP contribution >= 0.6 is 0 Å². The first-order chi connectivity index (χ1) is 7.91. The van der Waals surface area contributed by atoms with Gasteiger partial charge in [0.15, 0.2) is 0 Å². The third kappa shape index (κ3) is 2.31. The molecule has 4 heteroatoms. The number of carbonyl (C=O) groups excluding carboxylic acids is 2. The molecule has 1 N–H and O–H groups in total. The summed E-state index contributed by atoms with van der Waals surface area (Å²) in [4.78, 5) is 26.1. The molecule has 0 spiro atoms. The zero-order chi connectivity index (χ0) is 13.2. The van der Waals surface area contributed by atoms with Crippen molar-refractivity contribution in [2.75, 3.05) is 0 Å². The summed E-state index contributed by atoms with van der Waals surface area (Å²) in [7, 11) is 0. The second-order valence-electron chi connectivity index (χ2n) is 5.06. The molecule has 2 atom stereocenters. The Bertz CT molecular complexity index is 311. The molecule has 0 aromatic rings. The SMILES string of the molecule is CCC1NC(=O)C(C)N(C(C)(CC)CC)C1=O. The predicted octanol–water partition coefficient (Wildman–Crippen LogP) is 1.69. The maximum atomic E-state index is 12.4. The van der Waals surface area contributed by atoms with Crippen molar-refractivity contribution in [1.82, 2.24) is 10.2 Å². The van der Waals surface area contributed by atoms with Gasteiger partial charge >= 0.3 is 0 Å². The lowest BCUT2D eigenvalue weighted by atomic mass is 9.89. The highest BCUT2D eigenvalue weighted by Gasteiger charge is 2.44. The van der Waals surface area contributed by atoms with Crippen LogP contribution < -0.4 is 5.32 Å². The molecule has 17 heavy (non-hydrogen) atoms. The number of nitrogens with zero attached hydrogens (tertiary/aromatic N) is 1. The number of nitrogens with one attached hydrogen (secondary N) is 1. The number of amides is 2. The fraction of sp³-hybridized carbons (Fsp3) is 0.846. The summed E-state index contributed by atoms with van der Waals surface area (Å²) in [6.07, 6.45) is 2.38. The average molecular weight is 240 g/mol. The van der Waals surface area contributed by atoms with Gasteiger partial charge in [-0.25, -0.2) is 0 Å². The van der Waals surface area contributed by atoms with Crippen LogP contribution in [-0.4, -0.2) is 34.3 Å². The minimum Gasteiger partial charge on any atom is -0.343 e. The Morgan fingerprint density at radius 2 is 1.76 bits per heavy atom. The number of piperazine rings is 1. The molecule has 4 nitrogen and oxygen atoms in total. The van der Waals surface area contributed by atoms with Gasteiger partial charge in [-0.1, -0.05) is 20.8 Å². The largest absolute Gasteiger partial charge is 0.343 e. The molecule has 1 saturated heterocycles. The molecule has 0 aliphatic carbocycles. The highest BCUT2D eigenvalue weighted by atomic mass is 16.2. The molecule has 0 radical (unpaired) electrons. The summed E-state index contributed by atoms with van der Waals surface area (Å²) in [5.41, 5.74) is -0.221. The molecule has 0 bridgehead atoms. The first-order valence-corrected chi connectivity index (χ1v) is 6.54. The quantitative estimate of drug-likeness (QED) is 0.813. The topological polar surface area (TPSA) is 49.4 Å². The van der Waals surface area contributed by atoms with Crippen LogP contribution in [0.25, 0.3) is 0 Å². The van der Waals surface area contributed by atoms with Crippen LogP contribution in [0, 0.1) is 0 Å². The highest BCUT2D eigenvalue weighted by Crippen LogP contribution is 2.29. The summed E-state index contributed by atoms with van der Waals surface area (Å²) in [6.45, 7) is 9.93. The summed E-state index contributed by atoms with van der Waals surface area (Å²) in [6, 6.07) is -0.716. The van der Waals surface area contributed by atoms with Crippen molar-refractivity contribution in [1.29, 1.82) is 0 Å². The van der Waals surface area contributed by atoms with E-state index in [1.165, 1.54) is 0 Å². The van der Waals surface area contributed by atoms with E-state index in [1.807, 2.05) is 13.8 Å². The summed E-state index contributed by atoms with van der Waals surface area (Å²) >= 11 is 0. The van der Waals surface area contributed by atoms with Gasteiger partial charge in [-0.05, 0) is 33.1 Å². The van der Waals surface area contributed by atoms with E-state index in [0.29, 0.717) is 6.42 Å². The molecule has 1 heterocycles. The van der Waals surface area contributed by atoms with Crippen molar-refractivity contribution in [3.63, 3.8) is 0 Å². The Kier molecular flexibility index (Phi) is 4.17. The Hall–Kier alpha value is -1.06. The van der Waals surface area contributed by atoms with E-state index in [4.69, 9.17) is 0 Å². The molecule has 2 unspecified atom stereocenters. The van der Waals surface area contributed by atoms with E-state index in [-0.39, 0.29) is 29.4 Å². The van der Waals surface area contributed by atoms with Crippen molar-refractivity contribution in [2.45, 2.75) is 71.5 Å². The normalized spacial score (nSPS) is 26.1. The van der Waals surface area contributed by atoms with Crippen molar-refractivity contribution in [3.8, 4) is 0 Å². The second kappa shape index (κ2) is 5.07. The molecule has 2 amide bonds. The van der Waals surface area contributed by atoms with Crippen LogP contribution in [0.1, 0.15) is 53.9 Å². The molecular formula is C13H24N2O2. The van der Waals surface area contributed by atoms with E-state index >= 15 is 0 Å². The number of carbonyl (C=O) groups is 2. The van der Waals surface area contributed by atoms with E-state index in [9.17, 15) is 9.59 Å². The standard InChI is InChI=1S/C13H24N2O2/c1-6-10-12(17)15(9(4)11(16)14-10)13(5,7-2)8-3/h9-10H,6-8H2,1-5H3,(H,14,16). The lowest BCUT2D eigenvalue weighted by Gasteiger charge is -2.48. The Balaban J connectivity index is 3.08. The van der Waals surface area contributed by atoms with Gasteiger partial charge in [-0.3, -0.25) is 9.59 Å². The zero-order valence-electron chi connectivity index (χ0n) is 11.5. The molecule has 0 aromatic carbocycles. The van der Waals surface area contributed by atoms with E-state index in [1.54, 1.807) is 4.90 Å². The van der Waals surface area contributed by atoms with Crippen molar-refractivity contribution < 1.29 is 9.59 Å². The minimum atomic E-state index is -0.366.